The Morgan fingerprint density at radius 2 is 1.93 bits per heavy atom. The summed E-state index contributed by atoms with van der Waals surface area (Å²) in [5.74, 6) is 1.13. The summed E-state index contributed by atoms with van der Waals surface area (Å²) in [4.78, 5) is 12.9. The first kappa shape index (κ1) is 20.2. The first-order valence-electron chi connectivity index (χ1n) is 9.02. The van der Waals surface area contributed by atoms with Crippen molar-refractivity contribution in [2.24, 2.45) is 0 Å². The zero-order valence-corrected chi connectivity index (χ0v) is 17.9. The summed E-state index contributed by atoms with van der Waals surface area (Å²) in [6, 6.07) is 9.50. The maximum Gasteiger partial charge on any atom is 0.242 e. The normalized spacial score (nSPS) is 14.7. The van der Waals surface area contributed by atoms with Crippen molar-refractivity contribution in [1.29, 1.82) is 0 Å². The molecule has 0 aliphatic heterocycles. The molecule has 0 unspecified atom stereocenters. The number of sulfonamides is 1. The highest BCUT2D eigenvalue weighted by Crippen LogP contribution is 2.38. The van der Waals surface area contributed by atoms with Gasteiger partial charge >= 0.3 is 0 Å². The van der Waals surface area contributed by atoms with Crippen LogP contribution < -0.4 is 0 Å². The number of carbonyl (C=O) groups is 1. The molecule has 0 saturated heterocycles. The summed E-state index contributed by atoms with van der Waals surface area (Å²) in [6.45, 7) is 4.09. The first-order valence-corrected chi connectivity index (χ1v) is 11.6. The number of Topliss-reactive ketones (excluding diaryl/α,β-unsaturated/α-hetero) is 1. The first-order chi connectivity index (χ1) is 12.7. The molecule has 1 aromatic carbocycles. The number of rotatable bonds is 8. The van der Waals surface area contributed by atoms with Crippen molar-refractivity contribution >= 4 is 27.6 Å². The molecule has 2 aromatic rings. The zero-order valence-electron chi connectivity index (χ0n) is 16.2. The van der Waals surface area contributed by atoms with Gasteiger partial charge in [0, 0.05) is 42.8 Å². The molecule has 0 N–H and O–H groups in total. The second-order valence-electron chi connectivity index (χ2n) is 7.24. The lowest BCUT2D eigenvalue weighted by molar-refractivity contribution is 0.102. The monoisotopic (exact) mass is 406 g/mol. The minimum atomic E-state index is -3.44. The van der Waals surface area contributed by atoms with E-state index in [0.29, 0.717) is 17.5 Å². The maximum atomic E-state index is 12.6. The Balaban J connectivity index is 1.64. The van der Waals surface area contributed by atoms with Crippen LogP contribution in [0.25, 0.3) is 0 Å². The Labute approximate surface area is 165 Å². The third kappa shape index (κ3) is 4.31. The molecule has 1 aliphatic rings. The molecule has 0 bridgehead atoms. The molecular formula is C20H26N2O3S2. The van der Waals surface area contributed by atoms with Crippen molar-refractivity contribution in [2.75, 3.05) is 19.8 Å². The Morgan fingerprint density at radius 1 is 1.22 bits per heavy atom. The van der Waals surface area contributed by atoms with Crippen LogP contribution in [-0.2, 0) is 15.8 Å². The molecular weight excluding hydrogens is 380 g/mol. The van der Waals surface area contributed by atoms with Gasteiger partial charge in [0.05, 0.1) is 10.6 Å². The highest BCUT2D eigenvalue weighted by atomic mass is 32.2. The molecule has 0 spiro atoms. The van der Waals surface area contributed by atoms with E-state index in [1.165, 1.54) is 43.0 Å². The minimum Gasteiger partial charge on any atom is -0.345 e. The fourth-order valence-electron chi connectivity index (χ4n) is 3.30. The number of hydrogen-bond acceptors (Lipinski definition) is 4. The van der Waals surface area contributed by atoms with Gasteiger partial charge < -0.3 is 4.57 Å². The molecule has 1 saturated carbocycles. The van der Waals surface area contributed by atoms with E-state index in [1.807, 2.05) is 19.1 Å². The van der Waals surface area contributed by atoms with Crippen LogP contribution in [0.2, 0.25) is 0 Å². The van der Waals surface area contributed by atoms with Crippen molar-refractivity contribution in [1.82, 2.24) is 8.87 Å². The van der Waals surface area contributed by atoms with Crippen molar-refractivity contribution in [3.8, 4) is 0 Å². The van der Waals surface area contributed by atoms with Gasteiger partial charge in [-0.3, -0.25) is 4.79 Å². The van der Waals surface area contributed by atoms with Crippen LogP contribution in [0.4, 0.5) is 0 Å². The highest BCUT2D eigenvalue weighted by molar-refractivity contribution is 7.99. The molecule has 1 fully saturated rings. The highest BCUT2D eigenvalue weighted by Gasteiger charge is 2.28. The molecule has 0 radical (unpaired) electrons. The third-order valence-electron chi connectivity index (χ3n) is 4.88. The molecule has 7 heteroatoms. The van der Waals surface area contributed by atoms with E-state index in [9.17, 15) is 13.2 Å². The molecule has 146 valence electrons. The number of hydrogen-bond donors (Lipinski definition) is 0. The van der Waals surface area contributed by atoms with Crippen molar-refractivity contribution in [3.05, 3.63) is 52.8 Å². The fourth-order valence-corrected chi connectivity index (χ4v) is 5.13. The average molecular weight is 407 g/mol. The van der Waals surface area contributed by atoms with Gasteiger partial charge in [0.2, 0.25) is 10.0 Å². The lowest BCUT2D eigenvalue weighted by atomic mass is 10.2. The lowest BCUT2D eigenvalue weighted by Gasteiger charge is -2.12. The van der Waals surface area contributed by atoms with E-state index in [-0.39, 0.29) is 10.7 Å². The number of aromatic nitrogens is 1. The van der Waals surface area contributed by atoms with Gasteiger partial charge in [-0.1, -0.05) is 12.1 Å². The number of thioether (sulfide) groups is 1. The number of benzene rings is 1. The van der Waals surface area contributed by atoms with Crippen LogP contribution in [0.1, 0.15) is 46.2 Å². The van der Waals surface area contributed by atoms with E-state index in [0.717, 1.165) is 22.5 Å². The summed E-state index contributed by atoms with van der Waals surface area (Å²) in [6.07, 6.45) is 2.40. The second-order valence-corrected chi connectivity index (χ2v) is 10.4. The zero-order chi connectivity index (χ0) is 19.8. The van der Waals surface area contributed by atoms with Crippen LogP contribution in [0.3, 0.4) is 0 Å². The molecule has 1 aliphatic carbocycles. The van der Waals surface area contributed by atoms with Crippen LogP contribution in [0, 0.1) is 13.8 Å². The molecule has 0 amide bonds. The quantitative estimate of drug-likeness (QED) is 0.626. The Morgan fingerprint density at radius 3 is 2.56 bits per heavy atom. The van der Waals surface area contributed by atoms with E-state index >= 15 is 0 Å². The standard InChI is InChI=1S/C20H26N2O3S2/c1-14-10-19(15(2)22(14)17-8-9-17)20(23)13-26-12-16-6-5-7-18(11-16)27(24,25)21(3)4/h5-7,10-11,17H,8-9,12-13H2,1-4H3. The van der Waals surface area contributed by atoms with Gasteiger partial charge in [-0.05, 0) is 50.5 Å². The summed E-state index contributed by atoms with van der Waals surface area (Å²) < 4.78 is 28.0. The molecule has 1 aromatic heterocycles. The van der Waals surface area contributed by atoms with E-state index in [2.05, 4.69) is 11.5 Å². The average Bonchev–Trinajstić information content (AvgIpc) is 3.40. The Kier molecular flexibility index (Phi) is 5.84. The Bertz CT molecular complexity index is 958. The van der Waals surface area contributed by atoms with Crippen molar-refractivity contribution in [3.63, 3.8) is 0 Å². The topological polar surface area (TPSA) is 59.4 Å². The van der Waals surface area contributed by atoms with Crippen LogP contribution in [0.15, 0.2) is 35.2 Å². The third-order valence-corrected chi connectivity index (χ3v) is 7.69. The SMILES string of the molecule is Cc1cc(C(=O)CSCc2cccc(S(=O)(=O)N(C)C)c2)c(C)n1C1CC1. The van der Waals surface area contributed by atoms with Crippen LogP contribution in [0.5, 0.6) is 0 Å². The predicted octanol–water partition coefficient (Wildman–Crippen LogP) is 3.81. The van der Waals surface area contributed by atoms with E-state index in [1.54, 1.807) is 18.2 Å². The number of ketones is 1. The van der Waals surface area contributed by atoms with Gasteiger partial charge in [0.15, 0.2) is 5.78 Å². The number of carbonyl (C=O) groups excluding carboxylic acids is 1. The minimum absolute atomic E-state index is 0.136. The second kappa shape index (κ2) is 7.81. The van der Waals surface area contributed by atoms with E-state index in [4.69, 9.17) is 0 Å². The molecule has 5 nitrogen and oxygen atoms in total. The van der Waals surface area contributed by atoms with Crippen molar-refractivity contribution < 1.29 is 13.2 Å². The largest absolute Gasteiger partial charge is 0.345 e. The summed E-state index contributed by atoms with van der Waals surface area (Å²) >= 11 is 1.52. The van der Waals surface area contributed by atoms with E-state index < -0.39 is 10.0 Å². The molecule has 0 atom stereocenters. The molecule has 1 heterocycles. The fraction of sp³-hybridized carbons (Fsp3) is 0.450. The van der Waals surface area contributed by atoms with Gasteiger partial charge in [0.1, 0.15) is 0 Å². The van der Waals surface area contributed by atoms with Gasteiger partial charge in [0.25, 0.3) is 0 Å². The molecule has 3 rings (SSSR count). The van der Waals surface area contributed by atoms with Crippen molar-refractivity contribution in [2.45, 2.75) is 43.4 Å². The predicted molar refractivity (Wildman–Crippen MR) is 110 cm³/mol. The van der Waals surface area contributed by atoms with Gasteiger partial charge in [-0.25, -0.2) is 12.7 Å². The summed E-state index contributed by atoms with van der Waals surface area (Å²) in [7, 11) is -0.397. The van der Waals surface area contributed by atoms with Crippen LogP contribution in [-0.4, -0.2) is 42.9 Å². The smallest absolute Gasteiger partial charge is 0.242 e. The summed E-state index contributed by atoms with van der Waals surface area (Å²) in [5.41, 5.74) is 3.94. The number of nitrogens with zero attached hydrogens (tertiary/aromatic N) is 2. The van der Waals surface area contributed by atoms with Gasteiger partial charge in [-0.2, -0.15) is 0 Å². The lowest BCUT2D eigenvalue weighted by Crippen LogP contribution is -2.22. The maximum absolute atomic E-state index is 12.6. The Hall–Kier alpha value is -1.57. The van der Waals surface area contributed by atoms with Gasteiger partial charge in [-0.15, -0.1) is 11.8 Å². The molecule has 27 heavy (non-hydrogen) atoms. The summed E-state index contributed by atoms with van der Waals surface area (Å²) in [5, 5.41) is 0. The van der Waals surface area contributed by atoms with Crippen LogP contribution >= 0.6 is 11.8 Å². The number of aryl methyl sites for hydroxylation is 1.